The van der Waals surface area contributed by atoms with Gasteiger partial charge in [0, 0.05) is 22.3 Å². The molecule has 0 fully saturated rings. The van der Waals surface area contributed by atoms with E-state index in [0.717, 1.165) is 0 Å². The highest BCUT2D eigenvalue weighted by atomic mass is 35.5. The molecule has 0 aliphatic carbocycles. The maximum Gasteiger partial charge on any atom is 0.335 e. The zero-order valence-corrected chi connectivity index (χ0v) is 17.5. The molecule has 0 aliphatic rings. The Labute approximate surface area is 186 Å². The van der Waals surface area contributed by atoms with Gasteiger partial charge < -0.3 is 20.0 Å². The van der Waals surface area contributed by atoms with E-state index < -0.39 is 17.9 Å². The van der Waals surface area contributed by atoms with Gasteiger partial charge in [0.05, 0.1) is 22.2 Å². The predicted molar refractivity (Wildman–Crippen MR) is 116 cm³/mol. The van der Waals surface area contributed by atoms with E-state index in [2.05, 4.69) is 4.98 Å². The molecule has 31 heavy (non-hydrogen) atoms. The molecule has 2 heterocycles. The number of hydrogen-bond donors (Lipinski definition) is 2. The molecule has 0 saturated heterocycles. The third kappa shape index (κ3) is 3.78. The zero-order chi connectivity index (χ0) is 22.3. The highest BCUT2D eigenvalue weighted by molar-refractivity contribution is 6.36. The van der Waals surface area contributed by atoms with Crippen LogP contribution in [0.2, 0.25) is 10.0 Å². The first kappa shape index (κ1) is 21.0. The summed E-state index contributed by atoms with van der Waals surface area (Å²) in [4.78, 5) is 15.5. The van der Waals surface area contributed by atoms with Gasteiger partial charge in [-0.15, -0.1) is 0 Å². The largest absolute Gasteiger partial charge is 0.478 e. The quantitative estimate of drug-likeness (QED) is 0.336. The minimum atomic E-state index is -1.04. The average molecular weight is 461 g/mol. The lowest BCUT2D eigenvalue weighted by atomic mass is 10.0. The van der Waals surface area contributed by atoms with Gasteiger partial charge in [0.25, 0.3) is 0 Å². The Morgan fingerprint density at radius 2 is 2.06 bits per heavy atom. The molecule has 3 N–H and O–H groups in total. The first-order valence-electron chi connectivity index (χ1n) is 9.07. The third-order valence-electron chi connectivity index (χ3n) is 4.80. The van der Waals surface area contributed by atoms with Crippen molar-refractivity contribution in [1.29, 1.82) is 0 Å². The van der Waals surface area contributed by atoms with E-state index in [1.807, 2.05) is 0 Å². The Bertz CT molecular complexity index is 1320. The van der Waals surface area contributed by atoms with Gasteiger partial charge in [-0.1, -0.05) is 35.3 Å². The molecule has 0 aliphatic heterocycles. The maximum atomic E-state index is 13.9. The molecule has 4 aromatic rings. The van der Waals surface area contributed by atoms with Crippen molar-refractivity contribution in [3.63, 3.8) is 0 Å². The number of anilines is 1. The summed E-state index contributed by atoms with van der Waals surface area (Å²) in [5, 5.41) is 9.91. The van der Waals surface area contributed by atoms with Gasteiger partial charge in [0.15, 0.2) is 11.4 Å². The average Bonchev–Trinajstić information content (AvgIpc) is 3.17. The lowest BCUT2D eigenvalue weighted by Gasteiger charge is -2.18. The van der Waals surface area contributed by atoms with E-state index in [0.29, 0.717) is 22.1 Å². The molecule has 6 nitrogen and oxygen atoms in total. The lowest BCUT2D eigenvalue weighted by Crippen LogP contribution is -2.08. The number of carboxylic acids is 1. The van der Waals surface area contributed by atoms with Crippen molar-refractivity contribution < 1.29 is 23.4 Å². The van der Waals surface area contributed by atoms with Crippen molar-refractivity contribution in [3.8, 4) is 16.9 Å². The van der Waals surface area contributed by atoms with Crippen LogP contribution in [0.25, 0.3) is 22.1 Å². The van der Waals surface area contributed by atoms with Gasteiger partial charge in [0.1, 0.15) is 11.9 Å². The number of fused-ring (bicyclic) bond motifs is 1. The standard InChI is InChI=1S/C22H15Cl2FN2O4/c1-10(17-15(23)5-6-16(25)18(17)24)31-20-19-13(8-27-21(20)26)14(9-30-19)11-3-2-4-12(7-11)22(28)29/h2-10H,1H3,(H2,26,27)(H,28,29). The van der Waals surface area contributed by atoms with E-state index in [9.17, 15) is 14.3 Å². The molecule has 0 saturated carbocycles. The highest BCUT2D eigenvalue weighted by Gasteiger charge is 2.23. The topological polar surface area (TPSA) is 98.6 Å². The lowest BCUT2D eigenvalue weighted by molar-refractivity contribution is 0.0697. The van der Waals surface area contributed by atoms with E-state index >= 15 is 0 Å². The van der Waals surface area contributed by atoms with Gasteiger partial charge in [-0.05, 0) is 36.8 Å². The number of aromatic nitrogens is 1. The van der Waals surface area contributed by atoms with Crippen molar-refractivity contribution in [2.24, 2.45) is 0 Å². The molecule has 0 spiro atoms. The SMILES string of the molecule is CC(Oc1c(N)ncc2c(-c3cccc(C(=O)O)c3)coc12)c1c(Cl)ccc(F)c1Cl. The fraction of sp³-hybridized carbons (Fsp3) is 0.0909. The number of furan rings is 1. The summed E-state index contributed by atoms with van der Waals surface area (Å²) in [6.45, 7) is 1.64. The van der Waals surface area contributed by atoms with Crippen molar-refractivity contribution in [1.82, 2.24) is 4.98 Å². The molecule has 1 unspecified atom stereocenters. The second-order valence-electron chi connectivity index (χ2n) is 6.77. The van der Waals surface area contributed by atoms with Crippen molar-refractivity contribution in [2.75, 3.05) is 5.73 Å². The van der Waals surface area contributed by atoms with Crippen LogP contribution in [-0.2, 0) is 0 Å². The number of pyridine rings is 1. The number of nitrogen functional groups attached to an aromatic ring is 1. The maximum absolute atomic E-state index is 13.9. The summed E-state index contributed by atoms with van der Waals surface area (Å²) in [6, 6.07) is 8.96. The Morgan fingerprint density at radius 1 is 1.29 bits per heavy atom. The van der Waals surface area contributed by atoms with Crippen LogP contribution < -0.4 is 10.5 Å². The molecule has 0 bridgehead atoms. The van der Waals surface area contributed by atoms with E-state index in [-0.39, 0.29) is 32.7 Å². The van der Waals surface area contributed by atoms with Crippen LogP contribution in [0.15, 0.2) is 53.3 Å². The van der Waals surface area contributed by atoms with Crippen LogP contribution in [0, 0.1) is 5.82 Å². The number of nitrogens with zero attached hydrogens (tertiary/aromatic N) is 1. The molecule has 0 radical (unpaired) electrons. The van der Waals surface area contributed by atoms with E-state index in [1.54, 1.807) is 19.1 Å². The predicted octanol–water partition coefficient (Wildman–Crippen LogP) is 6.36. The smallest absolute Gasteiger partial charge is 0.335 e. The molecule has 1 atom stereocenters. The summed E-state index contributed by atoms with van der Waals surface area (Å²) in [5.41, 5.74) is 7.96. The van der Waals surface area contributed by atoms with Gasteiger partial charge in [-0.3, -0.25) is 0 Å². The highest BCUT2D eigenvalue weighted by Crippen LogP contribution is 2.41. The number of nitrogens with two attached hydrogens (primary N) is 1. The van der Waals surface area contributed by atoms with Crippen molar-refractivity contribution in [2.45, 2.75) is 13.0 Å². The summed E-state index contributed by atoms with van der Waals surface area (Å²) in [7, 11) is 0. The summed E-state index contributed by atoms with van der Waals surface area (Å²) < 4.78 is 25.6. The summed E-state index contributed by atoms with van der Waals surface area (Å²) in [5.74, 6) is -1.47. The number of rotatable bonds is 5. The van der Waals surface area contributed by atoms with Crippen LogP contribution in [0.4, 0.5) is 10.2 Å². The fourth-order valence-electron chi connectivity index (χ4n) is 3.29. The molecule has 9 heteroatoms. The van der Waals surface area contributed by atoms with E-state index in [1.165, 1.54) is 36.7 Å². The molecule has 2 aromatic heterocycles. The second-order valence-corrected chi connectivity index (χ2v) is 7.55. The molecule has 158 valence electrons. The monoisotopic (exact) mass is 460 g/mol. The van der Waals surface area contributed by atoms with Crippen LogP contribution in [-0.4, -0.2) is 16.1 Å². The normalized spacial score (nSPS) is 12.1. The Hall–Kier alpha value is -3.29. The van der Waals surface area contributed by atoms with Crippen LogP contribution in [0.5, 0.6) is 5.75 Å². The summed E-state index contributed by atoms with van der Waals surface area (Å²) >= 11 is 12.3. The van der Waals surface area contributed by atoms with E-state index in [4.69, 9.17) is 38.1 Å². The van der Waals surface area contributed by atoms with Crippen LogP contribution in [0.1, 0.15) is 28.9 Å². The molecule has 2 aromatic carbocycles. The Morgan fingerprint density at radius 3 is 2.81 bits per heavy atom. The third-order valence-corrected chi connectivity index (χ3v) is 5.52. The number of carboxylic acid groups (broad SMARTS) is 1. The van der Waals surface area contributed by atoms with Crippen molar-refractivity contribution in [3.05, 3.63) is 75.8 Å². The number of hydrogen-bond acceptors (Lipinski definition) is 5. The summed E-state index contributed by atoms with van der Waals surface area (Å²) in [6.07, 6.45) is 2.21. The van der Waals surface area contributed by atoms with Crippen LogP contribution in [0.3, 0.4) is 0 Å². The zero-order valence-electron chi connectivity index (χ0n) is 16.0. The Balaban J connectivity index is 1.78. The Kier molecular flexibility index (Phi) is 5.47. The molecular weight excluding hydrogens is 446 g/mol. The molecule has 0 amide bonds. The number of benzene rings is 2. The minimum absolute atomic E-state index is 0.0585. The number of halogens is 3. The second kappa shape index (κ2) is 8.09. The number of aromatic carboxylic acids is 1. The fourth-order valence-corrected chi connectivity index (χ4v) is 3.97. The van der Waals surface area contributed by atoms with Crippen LogP contribution >= 0.6 is 23.2 Å². The minimum Gasteiger partial charge on any atom is -0.478 e. The van der Waals surface area contributed by atoms with Crippen molar-refractivity contribution >= 4 is 46.0 Å². The molecular formula is C22H15Cl2FN2O4. The number of carbonyl (C=O) groups is 1. The molecule has 4 rings (SSSR count). The first-order chi connectivity index (χ1) is 14.8. The van der Waals surface area contributed by atoms with Gasteiger partial charge in [0.2, 0.25) is 5.75 Å². The van der Waals surface area contributed by atoms with Gasteiger partial charge in [-0.25, -0.2) is 14.2 Å². The van der Waals surface area contributed by atoms with Gasteiger partial charge in [-0.2, -0.15) is 0 Å². The van der Waals surface area contributed by atoms with Gasteiger partial charge >= 0.3 is 5.97 Å². The number of ether oxygens (including phenoxy) is 1. The first-order valence-corrected chi connectivity index (χ1v) is 9.83.